The van der Waals surface area contributed by atoms with Crippen LogP contribution in [-0.2, 0) is 19.1 Å². The van der Waals surface area contributed by atoms with Crippen molar-refractivity contribution in [3.8, 4) is 0 Å². The van der Waals surface area contributed by atoms with E-state index in [1.54, 1.807) is 13.8 Å². The van der Waals surface area contributed by atoms with E-state index in [2.05, 4.69) is 0 Å². The molecule has 0 N–H and O–H groups in total. The second kappa shape index (κ2) is 8.26. The Morgan fingerprint density at radius 3 is 2.13 bits per heavy atom. The lowest BCUT2D eigenvalue weighted by Gasteiger charge is -2.12. The first kappa shape index (κ1) is 13.9. The first-order valence-electron chi connectivity index (χ1n) is 5.50. The van der Waals surface area contributed by atoms with Crippen LogP contribution in [0.15, 0.2) is 0 Å². The van der Waals surface area contributed by atoms with Crippen molar-refractivity contribution in [2.75, 3.05) is 13.2 Å². The summed E-state index contributed by atoms with van der Waals surface area (Å²) in [5.41, 5.74) is 0. The number of rotatable bonds is 7. The molecule has 0 aromatic carbocycles. The van der Waals surface area contributed by atoms with Crippen LogP contribution in [0.3, 0.4) is 0 Å². The molecule has 0 fully saturated rings. The van der Waals surface area contributed by atoms with E-state index >= 15 is 0 Å². The van der Waals surface area contributed by atoms with Crippen LogP contribution in [0.1, 0.15) is 40.0 Å². The molecule has 0 saturated heterocycles. The maximum atomic E-state index is 11.4. The van der Waals surface area contributed by atoms with E-state index in [-0.39, 0.29) is 6.61 Å². The molecule has 0 heterocycles. The summed E-state index contributed by atoms with van der Waals surface area (Å²) in [4.78, 5) is 22.8. The van der Waals surface area contributed by atoms with Crippen LogP contribution < -0.4 is 0 Å². The molecule has 88 valence electrons. The molecule has 0 aromatic heterocycles. The Morgan fingerprint density at radius 1 is 1.07 bits per heavy atom. The summed E-state index contributed by atoms with van der Waals surface area (Å²) in [5, 5.41) is 0. The summed E-state index contributed by atoms with van der Waals surface area (Å²) in [5.74, 6) is -1.72. The third-order valence-corrected chi connectivity index (χ3v) is 2.01. The second-order valence-electron chi connectivity index (χ2n) is 3.23. The monoisotopic (exact) mass is 216 g/mol. The Labute approximate surface area is 90.9 Å². The number of hydrogen-bond acceptors (Lipinski definition) is 4. The van der Waals surface area contributed by atoms with E-state index in [0.29, 0.717) is 13.0 Å². The number of unbranched alkanes of at least 4 members (excludes halogenated alkanes) is 1. The van der Waals surface area contributed by atoms with Gasteiger partial charge in [-0.2, -0.15) is 0 Å². The number of hydrogen-bond donors (Lipinski definition) is 0. The Kier molecular flexibility index (Phi) is 7.68. The van der Waals surface area contributed by atoms with E-state index in [1.807, 2.05) is 6.92 Å². The molecule has 0 radical (unpaired) electrons. The van der Waals surface area contributed by atoms with E-state index < -0.39 is 17.9 Å². The molecule has 0 bridgehead atoms. The Morgan fingerprint density at radius 2 is 1.67 bits per heavy atom. The van der Waals surface area contributed by atoms with E-state index in [0.717, 1.165) is 12.8 Å². The largest absolute Gasteiger partial charge is 0.465 e. The van der Waals surface area contributed by atoms with Gasteiger partial charge in [-0.05, 0) is 19.8 Å². The zero-order chi connectivity index (χ0) is 11.7. The lowest BCUT2D eigenvalue weighted by Crippen LogP contribution is -2.27. The quantitative estimate of drug-likeness (QED) is 0.370. The Hall–Kier alpha value is -1.06. The van der Waals surface area contributed by atoms with Crippen LogP contribution in [0, 0.1) is 5.92 Å². The molecule has 4 heteroatoms. The van der Waals surface area contributed by atoms with Crippen LogP contribution in [-0.4, -0.2) is 25.2 Å². The van der Waals surface area contributed by atoms with Crippen LogP contribution in [0.2, 0.25) is 0 Å². The highest BCUT2D eigenvalue weighted by Crippen LogP contribution is 2.08. The minimum Gasteiger partial charge on any atom is -0.465 e. The van der Waals surface area contributed by atoms with Crippen LogP contribution in [0.25, 0.3) is 0 Å². The highest BCUT2D eigenvalue weighted by Gasteiger charge is 2.27. The molecule has 0 aliphatic carbocycles. The van der Waals surface area contributed by atoms with E-state index in [4.69, 9.17) is 9.47 Å². The van der Waals surface area contributed by atoms with E-state index in [1.165, 1.54) is 0 Å². The van der Waals surface area contributed by atoms with Gasteiger partial charge in [0, 0.05) is 0 Å². The number of carbonyl (C=O) groups is 2. The van der Waals surface area contributed by atoms with Gasteiger partial charge < -0.3 is 9.47 Å². The van der Waals surface area contributed by atoms with Crippen molar-refractivity contribution < 1.29 is 19.1 Å². The summed E-state index contributed by atoms with van der Waals surface area (Å²) < 4.78 is 9.75. The normalized spacial score (nSPS) is 11.9. The molecule has 0 saturated carbocycles. The molecular weight excluding hydrogens is 196 g/mol. The summed E-state index contributed by atoms with van der Waals surface area (Å²) in [6.45, 7) is 6.16. The summed E-state index contributed by atoms with van der Waals surface area (Å²) in [6, 6.07) is 0. The maximum Gasteiger partial charge on any atom is 0.320 e. The second-order valence-corrected chi connectivity index (χ2v) is 3.23. The lowest BCUT2D eigenvalue weighted by atomic mass is 10.1. The van der Waals surface area contributed by atoms with Crippen LogP contribution >= 0.6 is 0 Å². The van der Waals surface area contributed by atoms with Gasteiger partial charge in [0.15, 0.2) is 5.92 Å². The molecule has 1 unspecified atom stereocenters. The van der Waals surface area contributed by atoms with Gasteiger partial charge in [-0.1, -0.05) is 20.3 Å². The SMILES string of the molecule is CCCCOC(=O)C(CC)C(=O)OCC. The predicted octanol–water partition coefficient (Wildman–Crippen LogP) is 1.92. The Balaban J connectivity index is 4.03. The summed E-state index contributed by atoms with van der Waals surface area (Å²) >= 11 is 0. The van der Waals surface area contributed by atoms with Crippen molar-refractivity contribution in [2.24, 2.45) is 5.92 Å². The van der Waals surface area contributed by atoms with Crippen molar-refractivity contribution in [2.45, 2.75) is 40.0 Å². The fraction of sp³-hybridized carbons (Fsp3) is 0.818. The molecule has 0 amide bonds. The van der Waals surface area contributed by atoms with Crippen LogP contribution in [0.4, 0.5) is 0 Å². The molecule has 4 nitrogen and oxygen atoms in total. The highest BCUT2D eigenvalue weighted by atomic mass is 16.6. The topological polar surface area (TPSA) is 52.6 Å². The number of carbonyl (C=O) groups excluding carboxylic acids is 2. The van der Waals surface area contributed by atoms with Gasteiger partial charge in [-0.25, -0.2) is 0 Å². The first-order valence-corrected chi connectivity index (χ1v) is 5.50. The van der Waals surface area contributed by atoms with Gasteiger partial charge in [-0.15, -0.1) is 0 Å². The van der Waals surface area contributed by atoms with Crippen molar-refractivity contribution in [1.82, 2.24) is 0 Å². The molecular formula is C11H20O4. The van der Waals surface area contributed by atoms with Gasteiger partial charge >= 0.3 is 11.9 Å². The van der Waals surface area contributed by atoms with Gasteiger partial charge in [0.1, 0.15) is 0 Å². The molecule has 0 spiro atoms. The van der Waals surface area contributed by atoms with Crippen molar-refractivity contribution in [1.29, 1.82) is 0 Å². The smallest absolute Gasteiger partial charge is 0.320 e. The molecule has 15 heavy (non-hydrogen) atoms. The fourth-order valence-electron chi connectivity index (χ4n) is 1.09. The van der Waals surface area contributed by atoms with Gasteiger partial charge in [0.2, 0.25) is 0 Å². The standard InChI is InChI=1S/C11H20O4/c1-4-7-8-15-11(13)9(5-2)10(12)14-6-3/h9H,4-8H2,1-3H3. The van der Waals surface area contributed by atoms with Crippen molar-refractivity contribution in [3.05, 3.63) is 0 Å². The first-order chi connectivity index (χ1) is 7.17. The molecule has 0 aromatic rings. The highest BCUT2D eigenvalue weighted by molar-refractivity contribution is 5.94. The minimum absolute atomic E-state index is 0.289. The maximum absolute atomic E-state index is 11.4. The minimum atomic E-state index is -0.762. The van der Waals surface area contributed by atoms with Crippen LogP contribution in [0.5, 0.6) is 0 Å². The van der Waals surface area contributed by atoms with Gasteiger partial charge in [0.25, 0.3) is 0 Å². The zero-order valence-corrected chi connectivity index (χ0v) is 9.75. The van der Waals surface area contributed by atoms with Gasteiger partial charge in [0.05, 0.1) is 13.2 Å². The molecule has 0 aliphatic heterocycles. The average molecular weight is 216 g/mol. The predicted molar refractivity (Wildman–Crippen MR) is 56.3 cm³/mol. The third-order valence-electron chi connectivity index (χ3n) is 2.01. The third kappa shape index (κ3) is 5.40. The molecule has 0 aliphatic rings. The molecule has 0 rings (SSSR count). The van der Waals surface area contributed by atoms with Crippen molar-refractivity contribution >= 4 is 11.9 Å². The summed E-state index contributed by atoms with van der Waals surface area (Å²) in [6.07, 6.45) is 2.21. The van der Waals surface area contributed by atoms with Gasteiger partial charge in [-0.3, -0.25) is 9.59 Å². The lowest BCUT2D eigenvalue weighted by molar-refractivity contribution is -0.162. The zero-order valence-electron chi connectivity index (χ0n) is 9.75. The van der Waals surface area contributed by atoms with Crippen molar-refractivity contribution in [3.63, 3.8) is 0 Å². The average Bonchev–Trinajstić information content (AvgIpc) is 2.19. The number of ether oxygens (including phenoxy) is 2. The fourth-order valence-corrected chi connectivity index (χ4v) is 1.09. The number of esters is 2. The van der Waals surface area contributed by atoms with E-state index in [9.17, 15) is 9.59 Å². The summed E-state index contributed by atoms with van der Waals surface area (Å²) in [7, 11) is 0. The molecule has 1 atom stereocenters. The Bertz CT molecular complexity index is 201.